The summed E-state index contributed by atoms with van der Waals surface area (Å²) in [4.78, 5) is 24.9. The van der Waals surface area contributed by atoms with E-state index in [0.29, 0.717) is 5.82 Å². The van der Waals surface area contributed by atoms with E-state index in [4.69, 9.17) is 0 Å². The fraction of sp³-hybridized carbons (Fsp3) is 0.200. The van der Waals surface area contributed by atoms with Gasteiger partial charge in [0, 0.05) is 48.2 Å². The summed E-state index contributed by atoms with van der Waals surface area (Å²) in [5.74, 6) is 0.254. The van der Waals surface area contributed by atoms with Crippen molar-refractivity contribution in [1.29, 1.82) is 0 Å². The Morgan fingerprint density at radius 3 is 2.62 bits per heavy atom. The molecule has 4 rings (SSSR count). The maximum absolute atomic E-state index is 12.4. The lowest BCUT2D eigenvalue weighted by molar-refractivity contribution is -0.116. The van der Waals surface area contributed by atoms with Crippen molar-refractivity contribution in [3.8, 4) is 22.5 Å². The molecule has 0 aliphatic rings. The van der Waals surface area contributed by atoms with E-state index in [1.54, 1.807) is 47.9 Å². The van der Waals surface area contributed by atoms with Crippen molar-refractivity contribution in [2.75, 3.05) is 5.32 Å². The normalized spacial score (nSPS) is 11.0. The number of pyridine rings is 1. The summed E-state index contributed by atoms with van der Waals surface area (Å²) >= 11 is 0. The van der Waals surface area contributed by atoms with Crippen LogP contribution < -0.4 is 5.32 Å². The van der Waals surface area contributed by atoms with Crippen molar-refractivity contribution >= 4 is 11.7 Å². The molecule has 0 aromatic carbocycles. The summed E-state index contributed by atoms with van der Waals surface area (Å²) in [5.41, 5.74) is 3.43. The number of hydrogen-bond acceptors (Lipinski definition) is 6. The molecule has 1 N–H and O–H groups in total. The molecule has 0 unspecified atom stereocenters. The summed E-state index contributed by atoms with van der Waals surface area (Å²) in [5, 5.41) is 11.4. The summed E-state index contributed by atoms with van der Waals surface area (Å²) < 4.78 is 3.51. The topological polar surface area (TPSA) is 103 Å². The number of nitrogens with one attached hydrogen (secondary N) is 1. The first-order valence-electron chi connectivity index (χ1n) is 9.19. The molecule has 0 saturated heterocycles. The van der Waals surface area contributed by atoms with Gasteiger partial charge in [-0.05, 0) is 32.0 Å². The molecular weight excluding hydrogens is 368 g/mol. The summed E-state index contributed by atoms with van der Waals surface area (Å²) in [6.07, 6.45) is 11.9. The molecule has 0 aliphatic heterocycles. The highest BCUT2D eigenvalue weighted by Gasteiger charge is 2.12. The Bertz CT molecular complexity index is 1100. The van der Waals surface area contributed by atoms with E-state index in [1.165, 1.54) is 0 Å². The molecule has 146 valence electrons. The Kier molecular flexibility index (Phi) is 5.10. The quantitative estimate of drug-likeness (QED) is 0.545. The molecule has 0 saturated carbocycles. The molecule has 0 fully saturated rings. The van der Waals surface area contributed by atoms with E-state index in [1.807, 2.05) is 23.0 Å². The highest BCUT2D eigenvalue weighted by molar-refractivity contribution is 5.89. The van der Waals surface area contributed by atoms with Gasteiger partial charge in [-0.2, -0.15) is 10.2 Å². The van der Waals surface area contributed by atoms with Crippen LogP contribution in [0.15, 0.2) is 61.6 Å². The lowest BCUT2D eigenvalue weighted by atomic mass is 10.2. The smallest absolute Gasteiger partial charge is 0.247 e. The molecule has 9 heteroatoms. The Morgan fingerprint density at radius 1 is 1.00 bits per heavy atom. The maximum Gasteiger partial charge on any atom is 0.247 e. The molecule has 0 radical (unpaired) electrons. The number of aromatic nitrogens is 7. The maximum atomic E-state index is 12.4. The van der Waals surface area contributed by atoms with Crippen molar-refractivity contribution in [3.05, 3.63) is 61.6 Å². The Balaban J connectivity index is 1.40. The van der Waals surface area contributed by atoms with Crippen LogP contribution in [0.1, 0.15) is 19.9 Å². The van der Waals surface area contributed by atoms with Crippen molar-refractivity contribution < 1.29 is 4.79 Å². The second-order valence-electron chi connectivity index (χ2n) is 6.75. The van der Waals surface area contributed by atoms with E-state index in [9.17, 15) is 4.79 Å². The zero-order chi connectivity index (χ0) is 20.2. The average Bonchev–Trinajstić information content (AvgIpc) is 3.38. The van der Waals surface area contributed by atoms with Crippen molar-refractivity contribution in [3.63, 3.8) is 0 Å². The average molecular weight is 388 g/mol. The van der Waals surface area contributed by atoms with Gasteiger partial charge in [0.1, 0.15) is 12.4 Å². The number of amides is 1. The van der Waals surface area contributed by atoms with E-state index >= 15 is 0 Å². The molecule has 0 bridgehead atoms. The minimum absolute atomic E-state index is 0.0867. The number of carbonyl (C=O) groups excluding carboxylic acids is 1. The Morgan fingerprint density at radius 2 is 1.90 bits per heavy atom. The summed E-state index contributed by atoms with van der Waals surface area (Å²) in [6, 6.07) is 5.75. The number of hydrogen-bond donors (Lipinski definition) is 1. The highest BCUT2D eigenvalue weighted by atomic mass is 16.2. The van der Waals surface area contributed by atoms with Gasteiger partial charge < -0.3 is 5.32 Å². The summed E-state index contributed by atoms with van der Waals surface area (Å²) in [7, 11) is 0. The zero-order valence-corrected chi connectivity index (χ0v) is 16.1. The molecule has 1 amide bonds. The fourth-order valence-electron chi connectivity index (χ4n) is 2.93. The van der Waals surface area contributed by atoms with Gasteiger partial charge in [0.15, 0.2) is 0 Å². The monoisotopic (exact) mass is 388 g/mol. The van der Waals surface area contributed by atoms with E-state index in [-0.39, 0.29) is 18.5 Å². The van der Waals surface area contributed by atoms with Crippen LogP contribution in [0, 0.1) is 0 Å². The standard InChI is InChI=1S/C20H20N8O/c1-14(2)28-18(5-6-24-28)16-10-25-27(12-16)13-20(29)26-19-4-3-15(9-23-19)17-11-21-7-8-22-17/h3-12,14H,13H2,1-2H3,(H,23,26,29). The highest BCUT2D eigenvalue weighted by Crippen LogP contribution is 2.21. The van der Waals surface area contributed by atoms with Crippen LogP contribution in [0.3, 0.4) is 0 Å². The van der Waals surface area contributed by atoms with Crippen LogP contribution in [-0.4, -0.2) is 40.4 Å². The summed E-state index contributed by atoms with van der Waals surface area (Å²) in [6.45, 7) is 4.22. The first kappa shape index (κ1) is 18.5. The van der Waals surface area contributed by atoms with Gasteiger partial charge in [-0.15, -0.1) is 0 Å². The largest absolute Gasteiger partial charge is 0.309 e. The van der Waals surface area contributed by atoms with Gasteiger partial charge in [0.05, 0.1) is 23.8 Å². The fourth-order valence-corrected chi connectivity index (χ4v) is 2.93. The molecule has 4 heterocycles. The van der Waals surface area contributed by atoms with Gasteiger partial charge in [0.2, 0.25) is 5.91 Å². The van der Waals surface area contributed by atoms with E-state index in [0.717, 1.165) is 22.5 Å². The molecular formula is C20H20N8O. The van der Waals surface area contributed by atoms with Crippen LogP contribution in [0.5, 0.6) is 0 Å². The molecule has 29 heavy (non-hydrogen) atoms. The van der Waals surface area contributed by atoms with Gasteiger partial charge in [-0.25, -0.2) is 4.98 Å². The molecule has 0 spiro atoms. The van der Waals surface area contributed by atoms with Crippen LogP contribution in [0.25, 0.3) is 22.5 Å². The predicted molar refractivity (Wildman–Crippen MR) is 108 cm³/mol. The van der Waals surface area contributed by atoms with Crippen LogP contribution in [-0.2, 0) is 11.3 Å². The number of rotatable bonds is 6. The zero-order valence-electron chi connectivity index (χ0n) is 16.1. The third-order valence-electron chi connectivity index (χ3n) is 4.28. The second-order valence-corrected chi connectivity index (χ2v) is 6.75. The minimum Gasteiger partial charge on any atom is -0.309 e. The second kappa shape index (κ2) is 8.01. The van der Waals surface area contributed by atoms with Crippen molar-refractivity contribution in [1.82, 2.24) is 34.5 Å². The first-order valence-corrected chi connectivity index (χ1v) is 9.19. The SMILES string of the molecule is CC(C)n1nccc1-c1cnn(CC(=O)Nc2ccc(-c3cnccn3)cn2)c1. The molecule has 0 aliphatic carbocycles. The lowest BCUT2D eigenvalue weighted by Gasteiger charge is -2.09. The van der Waals surface area contributed by atoms with Gasteiger partial charge >= 0.3 is 0 Å². The van der Waals surface area contributed by atoms with Gasteiger partial charge in [0.25, 0.3) is 0 Å². The Labute approximate surface area is 167 Å². The van der Waals surface area contributed by atoms with Gasteiger partial charge in [-0.1, -0.05) is 0 Å². The first-order chi connectivity index (χ1) is 14.1. The lowest BCUT2D eigenvalue weighted by Crippen LogP contribution is -2.19. The predicted octanol–water partition coefficient (Wildman–Crippen LogP) is 2.82. The number of anilines is 1. The van der Waals surface area contributed by atoms with Crippen molar-refractivity contribution in [2.24, 2.45) is 0 Å². The van der Waals surface area contributed by atoms with E-state index in [2.05, 4.69) is 44.3 Å². The third-order valence-corrected chi connectivity index (χ3v) is 4.28. The Hall–Kier alpha value is -3.88. The van der Waals surface area contributed by atoms with E-state index < -0.39 is 0 Å². The van der Waals surface area contributed by atoms with Crippen molar-refractivity contribution in [2.45, 2.75) is 26.4 Å². The van der Waals surface area contributed by atoms with Crippen LogP contribution >= 0.6 is 0 Å². The molecule has 4 aromatic rings. The number of nitrogens with zero attached hydrogens (tertiary/aromatic N) is 7. The van der Waals surface area contributed by atoms with Crippen LogP contribution in [0.4, 0.5) is 5.82 Å². The molecule has 0 atom stereocenters. The van der Waals surface area contributed by atoms with Gasteiger partial charge in [-0.3, -0.25) is 24.1 Å². The third kappa shape index (κ3) is 4.18. The number of carbonyl (C=O) groups is 1. The molecule has 4 aromatic heterocycles. The van der Waals surface area contributed by atoms with Crippen LogP contribution in [0.2, 0.25) is 0 Å². The molecule has 9 nitrogen and oxygen atoms in total. The minimum atomic E-state index is -0.211.